The second-order valence-electron chi connectivity index (χ2n) is 5.00. The van der Waals surface area contributed by atoms with E-state index in [-0.39, 0.29) is 16.9 Å². The van der Waals surface area contributed by atoms with Crippen molar-refractivity contribution in [2.24, 2.45) is 0 Å². The van der Waals surface area contributed by atoms with Crippen LogP contribution in [0.2, 0.25) is 5.02 Å². The van der Waals surface area contributed by atoms with Gasteiger partial charge in [-0.25, -0.2) is 4.39 Å². The van der Waals surface area contributed by atoms with Gasteiger partial charge in [-0.2, -0.15) is 0 Å². The Balaban J connectivity index is 2.11. The van der Waals surface area contributed by atoms with Gasteiger partial charge < -0.3 is 5.32 Å². The van der Waals surface area contributed by atoms with Crippen LogP contribution in [0, 0.1) is 5.82 Å². The zero-order chi connectivity index (χ0) is 15.2. The van der Waals surface area contributed by atoms with Gasteiger partial charge in [0.2, 0.25) is 0 Å². The molecule has 2 aromatic carbocycles. The van der Waals surface area contributed by atoms with Crippen LogP contribution in [0.5, 0.6) is 0 Å². The van der Waals surface area contributed by atoms with E-state index in [1.54, 1.807) is 6.07 Å². The molecule has 0 saturated heterocycles. The van der Waals surface area contributed by atoms with E-state index in [4.69, 9.17) is 11.6 Å². The van der Waals surface area contributed by atoms with Crippen molar-refractivity contribution in [3.63, 3.8) is 0 Å². The number of hydrogen-bond acceptors (Lipinski definition) is 1. The van der Waals surface area contributed by atoms with Gasteiger partial charge in [0.25, 0.3) is 0 Å². The highest BCUT2D eigenvalue weighted by molar-refractivity contribution is 9.10. The van der Waals surface area contributed by atoms with Crippen LogP contribution in [0.25, 0.3) is 0 Å². The number of benzene rings is 2. The molecule has 0 amide bonds. The van der Waals surface area contributed by atoms with Gasteiger partial charge in [-0.3, -0.25) is 0 Å². The minimum Gasteiger partial charge on any atom is -0.314 e. The first-order valence-electron chi connectivity index (χ1n) is 7.01. The molecule has 1 unspecified atom stereocenters. The zero-order valence-corrected chi connectivity index (χ0v) is 14.2. The minimum atomic E-state index is -0.354. The zero-order valence-electron chi connectivity index (χ0n) is 11.9. The minimum absolute atomic E-state index is 0.232. The van der Waals surface area contributed by atoms with E-state index in [9.17, 15) is 4.39 Å². The van der Waals surface area contributed by atoms with E-state index >= 15 is 0 Å². The highest BCUT2D eigenvalue weighted by Crippen LogP contribution is 2.22. The molecule has 0 spiro atoms. The van der Waals surface area contributed by atoms with E-state index in [2.05, 4.69) is 40.3 Å². The van der Waals surface area contributed by atoms with Crippen molar-refractivity contribution >= 4 is 27.5 Å². The molecule has 2 aromatic rings. The Morgan fingerprint density at radius 2 is 1.86 bits per heavy atom. The van der Waals surface area contributed by atoms with E-state index in [1.807, 2.05) is 18.2 Å². The lowest BCUT2D eigenvalue weighted by Gasteiger charge is -2.19. The van der Waals surface area contributed by atoms with Crippen molar-refractivity contribution in [1.29, 1.82) is 0 Å². The molecule has 2 rings (SSSR count). The Bertz CT molecular complexity index is 586. The molecule has 0 aliphatic heterocycles. The van der Waals surface area contributed by atoms with E-state index in [1.165, 1.54) is 11.6 Å². The second-order valence-corrected chi connectivity index (χ2v) is 6.30. The standard InChI is InChI=1S/C17H18BrClFN/c1-2-21-15(10-12-6-8-14(18)9-7-12)11-13-4-3-5-16(20)17(13)19/h3-9,15,21H,2,10-11H2,1H3. The van der Waals surface area contributed by atoms with Gasteiger partial charge in [-0.15, -0.1) is 0 Å². The van der Waals surface area contributed by atoms with Crippen LogP contribution in [0.1, 0.15) is 18.1 Å². The first-order chi connectivity index (χ1) is 10.1. The maximum absolute atomic E-state index is 13.5. The summed E-state index contributed by atoms with van der Waals surface area (Å²) in [6.45, 7) is 2.94. The van der Waals surface area contributed by atoms with Gasteiger partial charge in [-0.1, -0.05) is 58.7 Å². The Kier molecular flexibility index (Phi) is 6.22. The summed E-state index contributed by atoms with van der Waals surface area (Å²) in [7, 11) is 0. The normalized spacial score (nSPS) is 12.4. The molecule has 0 fully saturated rings. The number of nitrogens with one attached hydrogen (secondary N) is 1. The van der Waals surface area contributed by atoms with Gasteiger partial charge in [0, 0.05) is 10.5 Å². The largest absolute Gasteiger partial charge is 0.314 e. The molecule has 1 atom stereocenters. The summed E-state index contributed by atoms with van der Waals surface area (Å²) in [5.41, 5.74) is 2.09. The number of halogens is 3. The van der Waals surface area contributed by atoms with Gasteiger partial charge >= 0.3 is 0 Å². The average molecular weight is 371 g/mol. The highest BCUT2D eigenvalue weighted by Gasteiger charge is 2.13. The van der Waals surface area contributed by atoms with Crippen molar-refractivity contribution in [2.45, 2.75) is 25.8 Å². The van der Waals surface area contributed by atoms with Crippen LogP contribution in [-0.2, 0) is 12.8 Å². The fraction of sp³-hybridized carbons (Fsp3) is 0.294. The molecule has 112 valence electrons. The van der Waals surface area contributed by atoms with E-state index < -0.39 is 0 Å². The second kappa shape index (κ2) is 7.92. The molecule has 0 saturated carbocycles. The third-order valence-corrected chi connectivity index (χ3v) is 4.34. The Morgan fingerprint density at radius 3 is 2.52 bits per heavy atom. The van der Waals surface area contributed by atoms with Crippen LogP contribution < -0.4 is 5.32 Å². The third kappa shape index (κ3) is 4.80. The topological polar surface area (TPSA) is 12.0 Å². The molecule has 0 radical (unpaired) electrons. The Labute approximate surface area is 138 Å². The highest BCUT2D eigenvalue weighted by atomic mass is 79.9. The molecule has 4 heteroatoms. The molecule has 0 heterocycles. The molecular weight excluding hydrogens is 353 g/mol. The number of rotatable bonds is 6. The predicted molar refractivity (Wildman–Crippen MR) is 90.4 cm³/mol. The maximum atomic E-state index is 13.5. The van der Waals surface area contributed by atoms with Crippen LogP contribution in [0.4, 0.5) is 4.39 Å². The summed E-state index contributed by atoms with van der Waals surface area (Å²) in [6, 6.07) is 13.5. The van der Waals surface area contributed by atoms with Gasteiger partial charge in [0.15, 0.2) is 0 Å². The van der Waals surface area contributed by atoms with Crippen molar-refractivity contribution in [2.75, 3.05) is 6.54 Å². The van der Waals surface area contributed by atoms with Gasteiger partial charge in [0.05, 0.1) is 5.02 Å². The summed E-state index contributed by atoms with van der Waals surface area (Å²) in [6.07, 6.45) is 1.59. The third-order valence-electron chi connectivity index (χ3n) is 3.39. The first kappa shape index (κ1) is 16.5. The van der Waals surface area contributed by atoms with Gasteiger partial charge in [-0.05, 0) is 48.7 Å². The first-order valence-corrected chi connectivity index (χ1v) is 8.18. The lowest BCUT2D eigenvalue weighted by molar-refractivity contribution is 0.519. The SMILES string of the molecule is CCNC(Cc1ccc(Br)cc1)Cc1cccc(F)c1Cl. The smallest absolute Gasteiger partial charge is 0.142 e. The average Bonchev–Trinajstić information content (AvgIpc) is 2.46. The van der Waals surface area contributed by atoms with Crippen molar-refractivity contribution in [3.05, 3.63) is 68.9 Å². The molecule has 0 bridgehead atoms. The van der Waals surface area contributed by atoms with Crippen LogP contribution in [0.3, 0.4) is 0 Å². The predicted octanol–water partition coefficient (Wildman–Crippen LogP) is 5.00. The van der Waals surface area contributed by atoms with E-state index in [0.717, 1.165) is 23.0 Å². The Hall–Kier alpha value is -0.900. The van der Waals surface area contributed by atoms with Crippen molar-refractivity contribution in [1.82, 2.24) is 5.32 Å². The fourth-order valence-corrected chi connectivity index (χ4v) is 2.85. The summed E-state index contributed by atoms with van der Waals surface area (Å²) in [5.74, 6) is -0.354. The quantitative estimate of drug-likeness (QED) is 0.754. The van der Waals surface area contributed by atoms with Crippen LogP contribution >= 0.6 is 27.5 Å². The fourth-order valence-electron chi connectivity index (χ4n) is 2.38. The molecule has 1 nitrogen and oxygen atoms in total. The van der Waals surface area contributed by atoms with Crippen molar-refractivity contribution < 1.29 is 4.39 Å². The summed E-state index contributed by atoms with van der Waals surface area (Å²) in [4.78, 5) is 0. The lowest BCUT2D eigenvalue weighted by Crippen LogP contribution is -2.33. The summed E-state index contributed by atoms with van der Waals surface area (Å²) in [5, 5.41) is 3.68. The maximum Gasteiger partial charge on any atom is 0.142 e. The number of hydrogen-bond donors (Lipinski definition) is 1. The van der Waals surface area contributed by atoms with Crippen LogP contribution in [-0.4, -0.2) is 12.6 Å². The monoisotopic (exact) mass is 369 g/mol. The molecule has 0 aliphatic rings. The lowest BCUT2D eigenvalue weighted by atomic mass is 9.99. The van der Waals surface area contributed by atoms with Gasteiger partial charge in [0.1, 0.15) is 5.82 Å². The molecule has 1 N–H and O–H groups in total. The molecule has 0 aromatic heterocycles. The number of likely N-dealkylation sites (N-methyl/N-ethyl adjacent to an activating group) is 1. The van der Waals surface area contributed by atoms with Crippen molar-refractivity contribution in [3.8, 4) is 0 Å². The molecular formula is C17H18BrClFN. The summed E-state index contributed by atoms with van der Waals surface area (Å²) < 4.78 is 14.6. The van der Waals surface area contributed by atoms with E-state index in [0.29, 0.717) is 6.42 Å². The Morgan fingerprint density at radius 1 is 1.14 bits per heavy atom. The van der Waals surface area contributed by atoms with Crippen LogP contribution in [0.15, 0.2) is 46.9 Å². The molecule has 0 aliphatic carbocycles. The summed E-state index contributed by atoms with van der Waals surface area (Å²) >= 11 is 9.49. The molecule has 21 heavy (non-hydrogen) atoms.